The highest BCUT2D eigenvalue weighted by Gasteiger charge is 2.16. The second kappa shape index (κ2) is 7.58. The van der Waals surface area contributed by atoms with Crippen LogP contribution in [0.3, 0.4) is 0 Å². The highest BCUT2D eigenvalue weighted by Crippen LogP contribution is 2.28. The Morgan fingerprint density at radius 3 is 2.50 bits per heavy atom. The number of rotatable bonds is 7. The smallest absolute Gasteiger partial charge is 0.0795 e. The monoisotopic (exact) mass is 248 g/mol. The van der Waals surface area contributed by atoms with Crippen LogP contribution < -0.4 is 0 Å². The lowest BCUT2D eigenvalue weighted by molar-refractivity contribution is 0.138. The van der Waals surface area contributed by atoms with Crippen molar-refractivity contribution in [2.45, 2.75) is 65.9 Å². The molecule has 0 bridgehead atoms. The third-order valence-corrected chi connectivity index (χ3v) is 3.89. The van der Waals surface area contributed by atoms with E-state index in [0.717, 1.165) is 12.0 Å². The van der Waals surface area contributed by atoms with E-state index in [2.05, 4.69) is 45.9 Å². The van der Waals surface area contributed by atoms with Gasteiger partial charge >= 0.3 is 0 Å². The molecule has 1 aromatic rings. The minimum Gasteiger partial charge on any atom is -0.388 e. The first-order valence-electron chi connectivity index (χ1n) is 7.33. The zero-order valence-electron chi connectivity index (χ0n) is 12.4. The van der Waals surface area contributed by atoms with Crippen LogP contribution in [0.15, 0.2) is 18.2 Å². The molecule has 0 aliphatic carbocycles. The molecule has 1 aromatic carbocycles. The summed E-state index contributed by atoms with van der Waals surface area (Å²) in [4.78, 5) is 0. The van der Waals surface area contributed by atoms with Crippen LogP contribution in [0.4, 0.5) is 0 Å². The molecule has 0 radical (unpaired) electrons. The third-order valence-electron chi connectivity index (χ3n) is 3.89. The molecule has 0 fully saturated rings. The maximum absolute atomic E-state index is 10.4. The van der Waals surface area contributed by atoms with Gasteiger partial charge in [0.05, 0.1) is 6.10 Å². The SMILES string of the molecule is CCCCC(CC)CC(O)c1cc(C)ccc1C. The van der Waals surface area contributed by atoms with Crippen molar-refractivity contribution in [3.8, 4) is 0 Å². The summed E-state index contributed by atoms with van der Waals surface area (Å²) in [5.41, 5.74) is 3.56. The lowest BCUT2D eigenvalue weighted by atomic mass is 9.89. The maximum Gasteiger partial charge on any atom is 0.0795 e. The molecule has 0 aliphatic heterocycles. The van der Waals surface area contributed by atoms with Crippen molar-refractivity contribution in [3.63, 3.8) is 0 Å². The molecule has 102 valence electrons. The van der Waals surface area contributed by atoms with Crippen molar-refractivity contribution < 1.29 is 5.11 Å². The van der Waals surface area contributed by atoms with Crippen molar-refractivity contribution >= 4 is 0 Å². The highest BCUT2D eigenvalue weighted by molar-refractivity contribution is 5.32. The third kappa shape index (κ3) is 4.45. The normalized spacial score (nSPS) is 14.5. The molecule has 0 aliphatic rings. The van der Waals surface area contributed by atoms with Crippen molar-refractivity contribution in [1.29, 1.82) is 0 Å². The maximum atomic E-state index is 10.4. The van der Waals surface area contributed by atoms with Crippen LogP contribution in [0.2, 0.25) is 0 Å². The summed E-state index contributed by atoms with van der Waals surface area (Å²) in [6.07, 6.45) is 5.54. The summed E-state index contributed by atoms with van der Waals surface area (Å²) in [6, 6.07) is 6.35. The van der Waals surface area contributed by atoms with Gasteiger partial charge in [0.25, 0.3) is 0 Å². The van der Waals surface area contributed by atoms with E-state index in [0.29, 0.717) is 5.92 Å². The van der Waals surface area contributed by atoms with Crippen LogP contribution >= 0.6 is 0 Å². The van der Waals surface area contributed by atoms with Crippen molar-refractivity contribution in [2.24, 2.45) is 5.92 Å². The highest BCUT2D eigenvalue weighted by atomic mass is 16.3. The van der Waals surface area contributed by atoms with E-state index >= 15 is 0 Å². The fourth-order valence-corrected chi connectivity index (χ4v) is 2.54. The predicted octanol–water partition coefficient (Wildman–Crippen LogP) is 4.94. The Morgan fingerprint density at radius 1 is 1.17 bits per heavy atom. The Kier molecular flexibility index (Phi) is 6.42. The van der Waals surface area contributed by atoms with Gasteiger partial charge in [-0.1, -0.05) is 63.3 Å². The van der Waals surface area contributed by atoms with Gasteiger partial charge in [-0.3, -0.25) is 0 Å². The number of hydrogen-bond acceptors (Lipinski definition) is 1. The van der Waals surface area contributed by atoms with Crippen LogP contribution in [-0.2, 0) is 0 Å². The van der Waals surface area contributed by atoms with Gasteiger partial charge in [-0.15, -0.1) is 0 Å². The van der Waals surface area contributed by atoms with Crippen LogP contribution in [0, 0.1) is 19.8 Å². The number of benzene rings is 1. The van der Waals surface area contributed by atoms with Crippen molar-refractivity contribution in [3.05, 3.63) is 34.9 Å². The van der Waals surface area contributed by atoms with Crippen LogP contribution in [0.25, 0.3) is 0 Å². The molecule has 0 aromatic heterocycles. The molecule has 1 N–H and O–H groups in total. The average molecular weight is 248 g/mol. The second-order valence-electron chi connectivity index (χ2n) is 5.53. The summed E-state index contributed by atoms with van der Waals surface area (Å²) in [6.45, 7) is 8.64. The van der Waals surface area contributed by atoms with E-state index in [-0.39, 0.29) is 6.10 Å². The predicted molar refractivity (Wildman–Crippen MR) is 78.8 cm³/mol. The van der Waals surface area contributed by atoms with E-state index in [1.54, 1.807) is 0 Å². The number of aliphatic hydroxyl groups excluding tert-OH is 1. The topological polar surface area (TPSA) is 20.2 Å². The molecular weight excluding hydrogens is 220 g/mol. The molecular formula is C17H28O. The molecule has 18 heavy (non-hydrogen) atoms. The van der Waals surface area contributed by atoms with E-state index < -0.39 is 0 Å². The van der Waals surface area contributed by atoms with Gasteiger partial charge in [0, 0.05) is 0 Å². The standard InChI is InChI=1S/C17H28O/c1-5-7-8-15(6-2)12-17(18)16-11-13(3)9-10-14(16)4/h9-11,15,17-18H,5-8,12H2,1-4H3. The van der Waals surface area contributed by atoms with Crippen LogP contribution in [-0.4, -0.2) is 5.11 Å². The molecule has 0 saturated heterocycles. The first-order valence-corrected chi connectivity index (χ1v) is 7.33. The zero-order valence-corrected chi connectivity index (χ0v) is 12.4. The minimum atomic E-state index is -0.299. The Hall–Kier alpha value is -0.820. The number of hydrogen-bond donors (Lipinski definition) is 1. The fourth-order valence-electron chi connectivity index (χ4n) is 2.54. The summed E-state index contributed by atoms with van der Waals surface area (Å²) in [7, 11) is 0. The number of aryl methyl sites for hydroxylation is 2. The van der Waals surface area contributed by atoms with E-state index in [4.69, 9.17) is 0 Å². The molecule has 0 spiro atoms. The molecule has 1 heteroatoms. The van der Waals surface area contributed by atoms with E-state index in [9.17, 15) is 5.11 Å². The molecule has 2 atom stereocenters. The van der Waals surface area contributed by atoms with Gasteiger partial charge in [-0.2, -0.15) is 0 Å². The van der Waals surface area contributed by atoms with Gasteiger partial charge in [-0.25, -0.2) is 0 Å². The average Bonchev–Trinajstić information content (AvgIpc) is 2.37. The van der Waals surface area contributed by atoms with Gasteiger partial charge in [0.2, 0.25) is 0 Å². The summed E-state index contributed by atoms with van der Waals surface area (Å²) >= 11 is 0. The van der Waals surface area contributed by atoms with Crippen LogP contribution in [0.1, 0.15) is 68.7 Å². The lowest BCUT2D eigenvalue weighted by Crippen LogP contribution is -2.08. The molecule has 0 heterocycles. The van der Waals surface area contributed by atoms with Crippen molar-refractivity contribution in [1.82, 2.24) is 0 Å². The fraction of sp³-hybridized carbons (Fsp3) is 0.647. The minimum absolute atomic E-state index is 0.299. The van der Waals surface area contributed by atoms with E-state index in [1.807, 2.05) is 0 Å². The first kappa shape index (κ1) is 15.2. The first-order chi connectivity index (χ1) is 8.58. The molecule has 0 saturated carbocycles. The molecule has 1 rings (SSSR count). The molecule has 0 amide bonds. The second-order valence-corrected chi connectivity index (χ2v) is 5.53. The molecule has 2 unspecified atom stereocenters. The Bertz CT molecular complexity index is 357. The number of aliphatic hydroxyl groups is 1. The van der Waals surface area contributed by atoms with Gasteiger partial charge < -0.3 is 5.11 Å². The number of unbranched alkanes of at least 4 members (excludes halogenated alkanes) is 1. The van der Waals surface area contributed by atoms with Gasteiger partial charge in [0.1, 0.15) is 0 Å². The zero-order chi connectivity index (χ0) is 13.5. The Balaban J connectivity index is 2.67. The summed E-state index contributed by atoms with van der Waals surface area (Å²) < 4.78 is 0. The lowest BCUT2D eigenvalue weighted by Gasteiger charge is -2.20. The van der Waals surface area contributed by atoms with Gasteiger partial charge in [0.15, 0.2) is 0 Å². The Morgan fingerprint density at radius 2 is 1.89 bits per heavy atom. The quantitative estimate of drug-likeness (QED) is 0.724. The Labute approximate surface area is 112 Å². The van der Waals surface area contributed by atoms with Crippen LogP contribution in [0.5, 0.6) is 0 Å². The summed E-state index contributed by atoms with van der Waals surface area (Å²) in [5.74, 6) is 0.653. The summed E-state index contributed by atoms with van der Waals surface area (Å²) in [5, 5.41) is 10.4. The molecule has 1 nitrogen and oxygen atoms in total. The van der Waals surface area contributed by atoms with Gasteiger partial charge in [-0.05, 0) is 37.3 Å². The van der Waals surface area contributed by atoms with E-state index in [1.165, 1.54) is 36.8 Å². The van der Waals surface area contributed by atoms with Crippen molar-refractivity contribution in [2.75, 3.05) is 0 Å². The largest absolute Gasteiger partial charge is 0.388 e.